The molecule has 106 valence electrons. The SMILES string of the molecule is CCc1ccc(C(=O)Oc2cc(C(F)(F)F)cs2)cc1. The van der Waals surface area contributed by atoms with Crippen LogP contribution in [0.15, 0.2) is 35.7 Å². The van der Waals surface area contributed by atoms with E-state index in [9.17, 15) is 18.0 Å². The van der Waals surface area contributed by atoms with Crippen molar-refractivity contribution in [3.8, 4) is 5.06 Å². The third-order valence-electron chi connectivity index (χ3n) is 2.69. The van der Waals surface area contributed by atoms with Crippen molar-refractivity contribution in [1.29, 1.82) is 0 Å². The summed E-state index contributed by atoms with van der Waals surface area (Å²) in [5.74, 6) is -0.664. The molecule has 0 amide bonds. The van der Waals surface area contributed by atoms with Gasteiger partial charge in [0.1, 0.15) is 0 Å². The Labute approximate surface area is 117 Å². The van der Waals surface area contributed by atoms with E-state index in [1.54, 1.807) is 24.3 Å². The van der Waals surface area contributed by atoms with E-state index in [0.29, 0.717) is 5.56 Å². The number of alkyl halides is 3. The second-order valence-corrected chi connectivity index (χ2v) is 4.97. The highest BCUT2D eigenvalue weighted by Gasteiger charge is 2.32. The Kier molecular flexibility index (Phi) is 4.13. The maximum Gasteiger partial charge on any atom is 0.417 e. The number of carbonyl (C=O) groups excluding carboxylic acids is 1. The smallest absolute Gasteiger partial charge is 0.412 e. The first-order chi connectivity index (χ1) is 9.40. The van der Waals surface area contributed by atoms with E-state index in [1.165, 1.54) is 0 Å². The lowest BCUT2D eigenvalue weighted by atomic mass is 10.1. The molecule has 0 aliphatic heterocycles. The van der Waals surface area contributed by atoms with Crippen LogP contribution in [0, 0.1) is 0 Å². The first kappa shape index (κ1) is 14.6. The van der Waals surface area contributed by atoms with Gasteiger partial charge in [0, 0.05) is 11.4 Å². The van der Waals surface area contributed by atoms with E-state index in [2.05, 4.69) is 0 Å². The predicted molar refractivity (Wildman–Crippen MR) is 70.1 cm³/mol. The Bertz CT molecular complexity index is 600. The van der Waals surface area contributed by atoms with E-state index in [4.69, 9.17) is 4.74 Å². The van der Waals surface area contributed by atoms with Crippen LogP contribution in [-0.4, -0.2) is 5.97 Å². The molecule has 0 fully saturated rings. The highest BCUT2D eigenvalue weighted by atomic mass is 32.1. The highest BCUT2D eigenvalue weighted by Crippen LogP contribution is 2.35. The van der Waals surface area contributed by atoms with Crippen LogP contribution in [0.25, 0.3) is 0 Å². The van der Waals surface area contributed by atoms with Crippen molar-refractivity contribution in [3.63, 3.8) is 0 Å². The summed E-state index contributed by atoms with van der Waals surface area (Å²) in [6.07, 6.45) is -3.58. The van der Waals surface area contributed by atoms with Crippen LogP contribution in [0.1, 0.15) is 28.4 Å². The van der Waals surface area contributed by atoms with Crippen molar-refractivity contribution < 1.29 is 22.7 Å². The number of hydrogen-bond donors (Lipinski definition) is 0. The van der Waals surface area contributed by atoms with Gasteiger partial charge < -0.3 is 4.74 Å². The molecule has 0 N–H and O–H groups in total. The van der Waals surface area contributed by atoms with Crippen molar-refractivity contribution in [3.05, 3.63) is 52.4 Å². The largest absolute Gasteiger partial charge is 0.417 e. The second kappa shape index (κ2) is 5.66. The van der Waals surface area contributed by atoms with Crippen molar-refractivity contribution in [2.45, 2.75) is 19.5 Å². The predicted octanol–water partition coefficient (Wildman–Crippen LogP) is 4.55. The van der Waals surface area contributed by atoms with Crippen molar-refractivity contribution in [2.24, 2.45) is 0 Å². The lowest BCUT2D eigenvalue weighted by molar-refractivity contribution is -0.137. The fourth-order valence-corrected chi connectivity index (χ4v) is 2.31. The van der Waals surface area contributed by atoms with Crippen LogP contribution < -0.4 is 4.74 Å². The van der Waals surface area contributed by atoms with Gasteiger partial charge in [-0.05, 0) is 24.1 Å². The van der Waals surface area contributed by atoms with Crippen LogP contribution in [0.3, 0.4) is 0 Å². The molecule has 2 aromatic rings. The summed E-state index contributed by atoms with van der Waals surface area (Å²) >= 11 is 0.744. The van der Waals surface area contributed by atoms with E-state index in [1.807, 2.05) is 6.92 Å². The number of esters is 1. The number of hydrogen-bond acceptors (Lipinski definition) is 3. The standard InChI is InChI=1S/C14H11F3O2S/c1-2-9-3-5-10(6-4-9)13(18)19-12-7-11(8-20-12)14(15,16)17/h3-8H,2H2,1H3. The lowest BCUT2D eigenvalue weighted by Gasteiger charge is -2.03. The number of benzene rings is 1. The zero-order chi connectivity index (χ0) is 14.8. The van der Waals surface area contributed by atoms with E-state index < -0.39 is 17.7 Å². The molecule has 0 spiro atoms. The van der Waals surface area contributed by atoms with Crippen LogP contribution >= 0.6 is 11.3 Å². The van der Waals surface area contributed by atoms with Gasteiger partial charge in [-0.1, -0.05) is 19.1 Å². The normalized spacial score (nSPS) is 11.4. The van der Waals surface area contributed by atoms with Crippen molar-refractivity contribution in [1.82, 2.24) is 0 Å². The van der Waals surface area contributed by atoms with Gasteiger partial charge >= 0.3 is 12.1 Å². The minimum atomic E-state index is -4.43. The molecule has 20 heavy (non-hydrogen) atoms. The monoisotopic (exact) mass is 300 g/mol. The number of thiophene rings is 1. The third-order valence-corrected chi connectivity index (χ3v) is 3.50. The van der Waals surface area contributed by atoms with Gasteiger partial charge in [0.05, 0.1) is 11.1 Å². The minimum absolute atomic E-state index is 0.0677. The Morgan fingerprint density at radius 1 is 1.25 bits per heavy atom. The molecule has 0 saturated heterocycles. The molecule has 2 rings (SSSR count). The molecule has 6 heteroatoms. The Hall–Kier alpha value is -1.82. The first-order valence-electron chi connectivity index (χ1n) is 5.87. The second-order valence-electron chi connectivity index (χ2n) is 4.09. The number of aryl methyl sites for hydroxylation is 1. The third kappa shape index (κ3) is 3.39. The van der Waals surface area contributed by atoms with E-state index in [0.717, 1.165) is 34.8 Å². The summed E-state index contributed by atoms with van der Waals surface area (Å²) in [7, 11) is 0. The molecule has 0 aliphatic rings. The topological polar surface area (TPSA) is 26.3 Å². The van der Waals surface area contributed by atoms with E-state index >= 15 is 0 Å². The molecule has 1 aromatic carbocycles. The maximum absolute atomic E-state index is 12.4. The highest BCUT2D eigenvalue weighted by molar-refractivity contribution is 7.12. The van der Waals surface area contributed by atoms with Gasteiger partial charge in [-0.25, -0.2) is 4.79 Å². The summed E-state index contributed by atoms with van der Waals surface area (Å²) in [5, 5.41) is 0.852. The number of rotatable bonds is 3. The Morgan fingerprint density at radius 3 is 2.40 bits per heavy atom. The van der Waals surface area contributed by atoms with Crippen molar-refractivity contribution in [2.75, 3.05) is 0 Å². The molecule has 0 atom stereocenters. The van der Waals surface area contributed by atoms with Gasteiger partial charge in [0.15, 0.2) is 5.06 Å². The number of halogens is 3. The maximum atomic E-state index is 12.4. The van der Waals surface area contributed by atoms with Gasteiger partial charge in [-0.15, -0.1) is 11.3 Å². The molecular formula is C14H11F3O2S. The lowest BCUT2D eigenvalue weighted by Crippen LogP contribution is -2.08. The van der Waals surface area contributed by atoms with E-state index in [-0.39, 0.29) is 5.06 Å². The first-order valence-corrected chi connectivity index (χ1v) is 6.75. The fraction of sp³-hybridized carbons (Fsp3) is 0.214. The van der Waals surface area contributed by atoms with Gasteiger partial charge in [0.2, 0.25) is 0 Å². The van der Waals surface area contributed by atoms with Crippen molar-refractivity contribution >= 4 is 17.3 Å². The average molecular weight is 300 g/mol. The molecular weight excluding hydrogens is 289 g/mol. The molecule has 0 saturated carbocycles. The van der Waals surface area contributed by atoms with Gasteiger partial charge in [0.25, 0.3) is 0 Å². The molecule has 0 aliphatic carbocycles. The summed E-state index contributed by atoms with van der Waals surface area (Å²) < 4.78 is 42.2. The number of ether oxygens (including phenoxy) is 1. The summed E-state index contributed by atoms with van der Waals surface area (Å²) in [6, 6.07) is 7.58. The zero-order valence-electron chi connectivity index (χ0n) is 10.5. The molecule has 2 nitrogen and oxygen atoms in total. The minimum Gasteiger partial charge on any atom is -0.412 e. The zero-order valence-corrected chi connectivity index (χ0v) is 11.3. The van der Waals surface area contributed by atoms with Crippen LogP contribution in [0.5, 0.6) is 5.06 Å². The summed E-state index contributed by atoms with van der Waals surface area (Å²) in [6.45, 7) is 1.98. The van der Waals surface area contributed by atoms with Crippen LogP contribution in [0.4, 0.5) is 13.2 Å². The van der Waals surface area contributed by atoms with Crippen LogP contribution in [-0.2, 0) is 12.6 Å². The van der Waals surface area contributed by atoms with Gasteiger partial charge in [-0.2, -0.15) is 13.2 Å². The summed E-state index contributed by atoms with van der Waals surface area (Å²) in [4.78, 5) is 11.8. The van der Waals surface area contributed by atoms with Crippen LogP contribution in [0.2, 0.25) is 0 Å². The molecule has 1 heterocycles. The van der Waals surface area contributed by atoms with Gasteiger partial charge in [-0.3, -0.25) is 0 Å². The summed E-state index contributed by atoms with van der Waals surface area (Å²) in [5.41, 5.74) is 0.563. The average Bonchev–Trinajstić information content (AvgIpc) is 2.87. The molecule has 1 aromatic heterocycles. The quantitative estimate of drug-likeness (QED) is 0.777. The Balaban J connectivity index is 2.09. The Morgan fingerprint density at radius 2 is 1.90 bits per heavy atom. The molecule has 0 unspecified atom stereocenters. The number of carbonyl (C=O) groups is 1. The fourth-order valence-electron chi connectivity index (χ4n) is 1.55. The molecule has 0 radical (unpaired) electrons. The molecule has 0 bridgehead atoms.